The van der Waals surface area contributed by atoms with Gasteiger partial charge in [-0.3, -0.25) is 0 Å². The first-order chi connectivity index (χ1) is 10.6. The van der Waals surface area contributed by atoms with E-state index in [0.717, 1.165) is 18.4 Å². The first-order valence-electron chi connectivity index (χ1n) is 7.94. The Morgan fingerprint density at radius 3 is 2.73 bits per heavy atom. The van der Waals surface area contributed by atoms with Gasteiger partial charge < -0.3 is 20.5 Å². The third-order valence-corrected chi connectivity index (χ3v) is 4.11. The molecular weight excluding hydrogens is 280 g/mol. The second-order valence-corrected chi connectivity index (χ2v) is 6.14. The molecule has 1 aromatic rings. The number of ether oxygens (including phenoxy) is 1. The molecule has 0 bridgehead atoms. The fourth-order valence-electron chi connectivity index (χ4n) is 2.65. The summed E-state index contributed by atoms with van der Waals surface area (Å²) in [6.45, 7) is 4.53. The van der Waals surface area contributed by atoms with E-state index in [-0.39, 0.29) is 36.7 Å². The lowest BCUT2D eigenvalue weighted by molar-refractivity contribution is 0.00212. The van der Waals surface area contributed by atoms with Gasteiger partial charge >= 0.3 is 6.03 Å². The van der Waals surface area contributed by atoms with E-state index in [9.17, 15) is 9.90 Å². The van der Waals surface area contributed by atoms with Crippen LogP contribution in [0.15, 0.2) is 30.3 Å². The Bertz CT molecular complexity index is 464. The summed E-state index contributed by atoms with van der Waals surface area (Å²) in [5, 5.41) is 15.1. The maximum Gasteiger partial charge on any atom is 0.315 e. The predicted molar refractivity (Wildman–Crippen MR) is 85.5 cm³/mol. The van der Waals surface area contributed by atoms with E-state index in [0.29, 0.717) is 6.61 Å². The van der Waals surface area contributed by atoms with Crippen molar-refractivity contribution in [3.05, 3.63) is 35.9 Å². The number of aliphatic hydroxyl groups is 1. The van der Waals surface area contributed by atoms with Crippen molar-refractivity contribution < 1.29 is 14.6 Å². The van der Waals surface area contributed by atoms with E-state index < -0.39 is 0 Å². The van der Waals surface area contributed by atoms with Crippen LogP contribution in [-0.4, -0.2) is 36.4 Å². The SMILES string of the molecule is CC(C)[C@@H](CO)NC(=O)N[C@@H]1CCO[C@@H](c2ccccc2)C1. The van der Waals surface area contributed by atoms with E-state index in [2.05, 4.69) is 10.6 Å². The summed E-state index contributed by atoms with van der Waals surface area (Å²) in [5.74, 6) is 0.197. The summed E-state index contributed by atoms with van der Waals surface area (Å²) in [5.41, 5.74) is 1.14. The van der Waals surface area contributed by atoms with Crippen molar-refractivity contribution in [2.24, 2.45) is 5.92 Å². The first kappa shape index (κ1) is 16.8. The van der Waals surface area contributed by atoms with E-state index >= 15 is 0 Å². The van der Waals surface area contributed by atoms with Crippen molar-refractivity contribution in [3.8, 4) is 0 Å². The zero-order chi connectivity index (χ0) is 15.9. The topological polar surface area (TPSA) is 70.6 Å². The second-order valence-electron chi connectivity index (χ2n) is 6.14. The van der Waals surface area contributed by atoms with Crippen LogP contribution >= 0.6 is 0 Å². The minimum absolute atomic E-state index is 0.0268. The zero-order valence-corrected chi connectivity index (χ0v) is 13.3. The molecule has 5 nitrogen and oxygen atoms in total. The van der Waals surface area contributed by atoms with Gasteiger partial charge in [-0.1, -0.05) is 44.2 Å². The summed E-state index contributed by atoms with van der Waals surface area (Å²) in [6, 6.07) is 9.73. The van der Waals surface area contributed by atoms with Crippen LogP contribution in [0, 0.1) is 5.92 Å². The number of benzene rings is 1. The van der Waals surface area contributed by atoms with Crippen molar-refractivity contribution in [1.82, 2.24) is 10.6 Å². The second kappa shape index (κ2) is 8.15. The van der Waals surface area contributed by atoms with Crippen LogP contribution in [0.4, 0.5) is 4.79 Å². The van der Waals surface area contributed by atoms with Crippen LogP contribution in [0.3, 0.4) is 0 Å². The number of nitrogens with one attached hydrogen (secondary N) is 2. The van der Waals surface area contributed by atoms with E-state index in [1.165, 1.54) is 0 Å². The Kier molecular flexibility index (Phi) is 6.21. The van der Waals surface area contributed by atoms with E-state index in [1.807, 2.05) is 44.2 Å². The van der Waals surface area contributed by atoms with Crippen LogP contribution in [0.1, 0.15) is 38.4 Å². The monoisotopic (exact) mass is 306 g/mol. The molecule has 0 unspecified atom stereocenters. The minimum atomic E-state index is -0.218. The number of carbonyl (C=O) groups is 1. The molecule has 0 radical (unpaired) electrons. The molecule has 3 N–H and O–H groups in total. The minimum Gasteiger partial charge on any atom is -0.394 e. The number of rotatable bonds is 5. The molecule has 2 amide bonds. The van der Waals surface area contributed by atoms with Crippen LogP contribution < -0.4 is 10.6 Å². The predicted octanol–water partition coefficient (Wildman–Crippen LogP) is 2.22. The molecule has 1 aliphatic heterocycles. The molecule has 1 fully saturated rings. The summed E-state index contributed by atoms with van der Waals surface area (Å²) in [7, 11) is 0. The highest BCUT2D eigenvalue weighted by atomic mass is 16.5. The van der Waals surface area contributed by atoms with Gasteiger partial charge in [0.25, 0.3) is 0 Å². The van der Waals surface area contributed by atoms with Gasteiger partial charge in [0, 0.05) is 12.6 Å². The number of amides is 2. The van der Waals surface area contributed by atoms with Crippen molar-refractivity contribution in [2.75, 3.05) is 13.2 Å². The van der Waals surface area contributed by atoms with Crippen LogP contribution in [-0.2, 0) is 4.74 Å². The average molecular weight is 306 g/mol. The molecule has 1 aromatic carbocycles. The summed E-state index contributed by atoms with van der Waals surface area (Å²) >= 11 is 0. The fraction of sp³-hybridized carbons (Fsp3) is 0.588. The van der Waals surface area contributed by atoms with Crippen LogP contribution in [0.5, 0.6) is 0 Å². The number of aliphatic hydroxyl groups excluding tert-OH is 1. The molecule has 0 aromatic heterocycles. The smallest absolute Gasteiger partial charge is 0.315 e. The van der Waals surface area contributed by atoms with Crippen molar-refractivity contribution >= 4 is 6.03 Å². The number of hydrogen-bond acceptors (Lipinski definition) is 3. The zero-order valence-electron chi connectivity index (χ0n) is 13.3. The third-order valence-electron chi connectivity index (χ3n) is 4.11. The lowest BCUT2D eigenvalue weighted by Crippen LogP contribution is -2.50. The maximum atomic E-state index is 12.1. The average Bonchev–Trinajstić information content (AvgIpc) is 2.53. The molecule has 3 atom stereocenters. The number of hydrogen-bond donors (Lipinski definition) is 3. The largest absolute Gasteiger partial charge is 0.394 e. The van der Waals surface area contributed by atoms with E-state index in [1.54, 1.807) is 0 Å². The van der Waals surface area contributed by atoms with Gasteiger partial charge in [-0.15, -0.1) is 0 Å². The van der Waals surface area contributed by atoms with Gasteiger partial charge in [0.05, 0.1) is 18.8 Å². The Labute approximate surface area is 132 Å². The molecule has 122 valence electrons. The van der Waals surface area contributed by atoms with Gasteiger partial charge in [0.2, 0.25) is 0 Å². The summed E-state index contributed by atoms with van der Waals surface area (Å²) < 4.78 is 5.80. The molecule has 0 spiro atoms. The molecule has 22 heavy (non-hydrogen) atoms. The highest BCUT2D eigenvalue weighted by Gasteiger charge is 2.25. The Hall–Kier alpha value is -1.59. The fourth-order valence-corrected chi connectivity index (χ4v) is 2.65. The molecule has 2 rings (SSSR count). The van der Waals surface area contributed by atoms with Gasteiger partial charge in [0.15, 0.2) is 0 Å². The third kappa shape index (κ3) is 4.71. The first-order valence-corrected chi connectivity index (χ1v) is 7.94. The highest BCUT2D eigenvalue weighted by molar-refractivity contribution is 5.74. The summed E-state index contributed by atoms with van der Waals surface area (Å²) in [4.78, 5) is 12.1. The molecule has 1 saturated heterocycles. The van der Waals surface area contributed by atoms with Crippen LogP contribution in [0.25, 0.3) is 0 Å². The standard InChI is InChI=1S/C17H26N2O3/c1-12(2)15(11-20)19-17(21)18-14-8-9-22-16(10-14)13-6-4-3-5-7-13/h3-7,12,14-16,20H,8-11H2,1-2H3,(H2,18,19,21)/t14-,15-,16-/m1/s1. The van der Waals surface area contributed by atoms with Gasteiger partial charge in [-0.2, -0.15) is 0 Å². The van der Waals surface area contributed by atoms with E-state index in [4.69, 9.17) is 4.74 Å². The Balaban J connectivity index is 1.86. The normalized spacial score (nSPS) is 23.1. The number of carbonyl (C=O) groups excluding carboxylic acids is 1. The van der Waals surface area contributed by atoms with Gasteiger partial charge in [0.1, 0.15) is 0 Å². The van der Waals surface area contributed by atoms with Crippen molar-refractivity contribution in [1.29, 1.82) is 0 Å². The molecule has 0 saturated carbocycles. The van der Waals surface area contributed by atoms with Crippen molar-refractivity contribution in [2.45, 2.75) is 44.9 Å². The van der Waals surface area contributed by atoms with Crippen LogP contribution in [0.2, 0.25) is 0 Å². The quantitative estimate of drug-likeness (QED) is 0.781. The molecule has 1 heterocycles. The molecule has 0 aliphatic carbocycles. The maximum absolute atomic E-state index is 12.1. The molecular formula is C17H26N2O3. The van der Waals surface area contributed by atoms with Gasteiger partial charge in [-0.05, 0) is 24.3 Å². The lowest BCUT2D eigenvalue weighted by atomic mass is 9.97. The van der Waals surface area contributed by atoms with Gasteiger partial charge in [-0.25, -0.2) is 4.79 Å². The van der Waals surface area contributed by atoms with Crippen molar-refractivity contribution in [3.63, 3.8) is 0 Å². The lowest BCUT2D eigenvalue weighted by Gasteiger charge is -2.31. The Morgan fingerprint density at radius 2 is 2.09 bits per heavy atom. The molecule has 5 heteroatoms. The number of urea groups is 1. The highest BCUT2D eigenvalue weighted by Crippen LogP contribution is 2.27. The Morgan fingerprint density at radius 1 is 1.36 bits per heavy atom. The molecule has 1 aliphatic rings. The summed E-state index contributed by atoms with van der Waals surface area (Å²) in [6.07, 6.45) is 1.60.